The van der Waals surface area contributed by atoms with E-state index in [1.54, 1.807) is 6.92 Å². The molecule has 0 saturated heterocycles. The first-order chi connectivity index (χ1) is 6.38. The summed E-state index contributed by atoms with van der Waals surface area (Å²) in [6, 6.07) is 2.11. The average Bonchev–Trinajstić information content (AvgIpc) is 2.07. The lowest BCUT2D eigenvalue weighted by atomic mass is 10.0. The molecule has 0 aliphatic rings. The Morgan fingerprint density at radius 1 is 1.21 bits per heavy atom. The Hall–Kier alpha value is -0.410. The first kappa shape index (κ1) is 11.7. The van der Waals surface area contributed by atoms with Gasteiger partial charge < -0.3 is 0 Å². The van der Waals surface area contributed by atoms with Crippen molar-refractivity contribution in [1.82, 2.24) is 0 Å². The van der Waals surface area contributed by atoms with Gasteiger partial charge in [0.2, 0.25) is 0 Å². The van der Waals surface area contributed by atoms with Crippen molar-refractivity contribution in [3.63, 3.8) is 0 Å². The number of hydrogen-bond acceptors (Lipinski definition) is 0. The van der Waals surface area contributed by atoms with E-state index in [1.165, 1.54) is 0 Å². The molecule has 1 aromatic carbocycles. The summed E-state index contributed by atoms with van der Waals surface area (Å²) in [4.78, 5) is 0. The topological polar surface area (TPSA) is 0 Å². The summed E-state index contributed by atoms with van der Waals surface area (Å²) in [6.45, 7) is 1.60. The van der Waals surface area contributed by atoms with Gasteiger partial charge in [0.25, 0.3) is 0 Å². The smallest absolute Gasteiger partial charge is 0.166 e. The molecule has 14 heavy (non-hydrogen) atoms. The highest BCUT2D eigenvalue weighted by atomic mass is 35.5. The normalized spacial score (nSPS) is 11.9. The van der Waals surface area contributed by atoms with Gasteiger partial charge in [0.15, 0.2) is 0 Å². The minimum atomic E-state index is -4.38. The second-order valence-corrected chi connectivity index (χ2v) is 3.52. The maximum Gasteiger partial charge on any atom is 0.416 e. The van der Waals surface area contributed by atoms with E-state index in [-0.39, 0.29) is 22.0 Å². The van der Waals surface area contributed by atoms with Crippen LogP contribution in [0.2, 0.25) is 10.0 Å². The molecule has 0 saturated carbocycles. The minimum absolute atomic E-state index is 0.0102. The molecular weight excluding hydrogens is 236 g/mol. The van der Waals surface area contributed by atoms with Crippen LogP contribution in [0, 0.1) is 0 Å². The summed E-state index contributed by atoms with van der Waals surface area (Å²) in [5, 5.41) is 0.139. The van der Waals surface area contributed by atoms with Gasteiger partial charge in [-0.2, -0.15) is 13.2 Å². The molecule has 0 radical (unpaired) electrons. The number of alkyl halides is 3. The molecule has 0 aliphatic heterocycles. The molecule has 78 valence electrons. The lowest BCUT2D eigenvalue weighted by Crippen LogP contribution is -2.09. The molecule has 0 nitrogen and oxygen atoms in total. The Morgan fingerprint density at radius 3 is 2.21 bits per heavy atom. The quantitative estimate of drug-likeness (QED) is 0.677. The molecule has 0 heterocycles. The second-order valence-electron chi connectivity index (χ2n) is 2.74. The molecule has 0 spiro atoms. The van der Waals surface area contributed by atoms with Gasteiger partial charge in [-0.1, -0.05) is 30.1 Å². The van der Waals surface area contributed by atoms with Crippen molar-refractivity contribution in [1.29, 1.82) is 0 Å². The van der Waals surface area contributed by atoms with Crippen LogP contribution >= 0.6 is 23.2 Å². The molecule has 0 N–H and O–H groups in total. The van der Waals surface area contributed by atoms with Crippen molar-refractivity contribution in [3.05, 3.63) is 33.3 Å². The molecule has 1 aromatic rings. The zero-order chi connectivity index (χ0) is 10.9. The van der Waals surface area contributed by atoms with Crippen LogP contribution in [-0.2, 0) is 12.6 Å². The third-order valence-electron chi connectivity index (χ3n) is 1.86. The summed E-state index contributed by atoms with van der Waals surface area (Å²) in [5.74, 6) is 0. The summed E-state index contributed by atoms with van der Waals surface area (Å²) in [6.07, 6.45) is -4.17. The fraction of sp³-hybridized carbons (Fsp3) is 0.333. The molecule has 1 rings (SSSR count). The molecule has 0 amide bonds. The fourth-order valence-corrected chi connectivity index (χ4v) is 1.68. The Balaban J connectivity index is 3.39. The van der Waals surface area contributed by atoms with Crippen LogP contribution in [0.15, 0.2) is 12.1 Å². The Bertz CT molecular complexity index is 345. The third-order valence-corrected chi connectivity index (χ3v) is 2.70. The third kappa shape index (κ3) is 2.15. The van der Waals surface area contributed by atoms with Crippen LogP contribution < -0.4 is 0 Å². The number of halogens is 5. The van der Waals surface area contributed by atoms with E-state index >= 15 is 0 Å². The van der Waals surface area contributed by atoms with Gasteiger partial charge >= 0.3 is 6.18 Å². The first-order valence-electron chi connectivity index (χ1n) is 3.92. The van der Waals surface area contributed by atoms with Gasteiger partial charge in [-0.15, -0.1) is 0 Å². The number of rotatable bonds is 1. The van der Waals surface area contributed by atoms with Gasteiger partial charge in [-0.3, -0.25) is 0 Å². The van der Waals surface area contributed by atoms with Crippen molar-refractivity contribution in [2.45, 2.75) is 19.5 Å². The van der Waals surface area contributed by atoms with E-state index in [4.69, 9.17) is 23.2 Å². The van der Waals surface area contributed by atoms with E-state index in [9.17, 15) is 13.2 Å². The number of benzene rings is 1. The average molecular weight is 243 g/mol. The summed E-state index contributed by atoms with van der Waals surface area (Å²) in [5.41, 5.74) is -0.666. The minimum Gasteiger partial charge on any atom is -0.166 e. The predicted octanol–water partition coefficient (Wildman–Crippen LogP) is 4.57. The maximum atomic E-state index is 12.4. The van der Waals surface area contributed by atoms with Crippen LogP contribution in [0.1, 0.15) is 18.1 Å². The Kier molecular flexibility index (Phi) is 3.32. The van der Waals surface area contributed by atoms with E-state index < -0.39 is 11.7 Å². The molecule has 0 atom stereocenters. The van der Waals surface area contributed by atoms with Crippen LogP contribution in [-0.4, -0.2) is 0 Å². The van der Waals surface area contributed by atoms with E-state index in [1.807, 2.05) is 0 Å². The molecular formula is C9H7Cl2F3. The number of hydrogen-bond donors (Lipinski definition) is 0. The predicted molar refractivity (Wildman–Crippen MR) is 50.8 cm³/mol. The standard InChI is InChI=1S/C9H7Cl2F3/c1-2-5-6(9(12,13)14)3-4-7(10)8(5)11/h3-4H,2H2,1H3. The maximum absolute atomic E-state index is 12.4. The lowest BCUT2D eigenvalue weighted by molar-refractivity contribution is -0.138. The zero-order valence-corrected chi connectivity index (χ0v) is 8.76. The largest absolute Gasteiger partial charge is 0.416 e. The van der Waals surface area contributed by atoms with Crippen molar-refractivity contribution in [2.24, 2.45) is 0 Å². The molecule has 0 unspecified atom stereocenters. The highest BCUT2D eigenvalue weighted by molar-refractivity contribution is 6.42. The molecule has 0 aromatic heterocycles. The second kappa shape index (κ2) is 3.99. The van der Waals surface area contributed by atoms with E-state index in [2.05, 4.69) is 0 Å². The van der Waals surface area contributed by atoms with Gasteiger partial charge in [0.1, 0.15) is 0 Å². The fourth-order valence-electron chi connectivity index (χ4n) is 1.20. The Labute approximate surface area is 89.6 Å². The Morgan fingerprint density at radius 2 is 1.79 bits per heavy atom. The summed E-state index contributed by atoms with van der Waals surface area (Å²) >= 11 is 11.3. The van der Waals surface area contributed by atoms with Crippen molar-refractivity contribution in [3.8, 4) is 0 Å². The molecule has 0 fully saturated rings. The van der Waals surface area contributed by atoms with Crippen LogP contribution in [0.5, 0.6) is 0 Å². The molecule has 0 bridgehead atoms. The van der Waals surface area contributed by atoms with Gasteiger partial charge in [-0.25, -0.2) is 0 Å². The van der Waals surface area contributed by atoms with Crippen LogP contribution in [0.25, 0.3) is 0 Å². The monoisotopic (exact) mass is 242 g/mol. The lowest BCUT2D eigenvalue weighted by Gasteiger charge is -2.13. The summed E-state index contributed by atoms with van der Waals surface area (Å²) < 4.78 is 37.3. The zero-order valence-electron chi connectivity index (χ0n) is 7.25. The van der Waals surface area contributed by atoms with Gasteiger partial charge in [0.05, 0.1) is 15.6 Å². The van der Waals surface area contributed by atoms with Gasteiger partial charge in [0, 0.05) is 0 Å². The highest BCUT2D eigenvalue weighted by Crippen LogP contribution is 2.38. The van der Waals surface area contributed by atoms with Crippen molar-refractivity contribution in [2.75, 3.05) is 0 Å². The first-order valence-corrected chi connectivity index (χ1v) is 4.67. The highest BCUT2D eigenvalue weighted by Gasteiger charge is 2.33. The van der Waals surface area contributed by atoms with Crippen molar-refractivity contribution >= 4 is 23.2 Å². The summed E-state index contributed by atoms with van der Waals surface area (Å²) in [7, 11) is 0. The molecule has 5 heteroatoms. The van der Waals surface area contributed by atoms with Crippen molar-refractivity contribution < 1.29 is 13.2 Å². The van der Waals surface area contributed by atoms with E-state index in [0.29, 0.717) is 0 Å². The van der Waals surface area contributed by atoms with Gasteiger partial charge in [-0.05, 0) is 24.1 Å². The molecule has 0 aliphatic carbocycles. The van der Waals surface area contributed by atoms with E-state index in [0.717, 1.165) is 12.1 Å². The SMILES string of the molecule is CCc1c(C(F)(F)F)ccc(Cl)c1Cl. The van der Waals surface area contributed by atoms with Crippen LogP contribution in [0.4, 0.5) is 13.2 Å². The van der Waals surface area contributed by atoms with Crippen LogP contribution in [0.3, 0.4) is 0 Å².